The number of para-hydroxylation sites is 2. The third kappa shape index (κ3) is 8.03. The van der Waals surface area contributed by atoms with Crippen molar-refractivity contribution in [1.82, 2.24) is 30.2 Å². The molecule has 1 aromatic heterocycles. The number of rotatable bonds is 6. The molecule has 4 amide bonds. The van der Waals surface area contributed by atoms with Crippen LogP contribution in [-0.4, -0.2) is 95.2 Å². The summed E-state index contributed by atoms with van der Waals surface area (Å²) in [6, 6.07) is 3.55. The maximum atomic E-state index is 16.3. The second-order valence-corrected chi connectivity index (χ2v) is 20.3. The topological polar surface area (TPSA) is 186 Å². The van der Waals surface area contributed by atoms with Crippen molar-refractivity contribution in [3.63, 3.8) is 0 Å². The van der Waals surface area contributed by atoms with Gasteiger partial charge in [0, 0.05) is 12.8 Å². The fraction of sp³-hybridized carbons (Fsp3) is 0.700. The summed E-state index contributed by atoms with van der Waals surface area (Å²) >= 11 is 0. The van der Waals surface area contributed by atoms with E-state index in [0.29, 0.717) is 31.1 Å². The number of hydrogen-bond donors (Lipinski definition) is 3. The van der Waals surface area contributed by atoms with E-state index >= 15 is 8.78 Å². The van der Waals surface area contributed by atoms with Gasteiger partial charge in [0.2, 0.25) is 34.1 Å². The number of fused-ring (bicyclic) bond motifs is 7. The Labute approximate surface area is 339 Å². The maximum absolute atomic E-state index is 16.3. The minimum atomic E-state index is -4.19. The molecule has 0 radical (unpaired) electrons. The summed E-state index contributed by atoms with van der Waals surface area (Å²) in [5.41, 5.74) is -3.56. The first-order valence-corrected chi connectivity index (χ1v) is 22.1. The molecular formula is C40H50F4N6O8S. The zero-order chi connectivity index (χ0) is 42.2. The zero-order valence-electron chi connectivity index (χ0n) is 33.1. The van der Waals surface area contributed by atoms with E-state index in [-0.39, 0.29) is 42.6 Å². The van der Waals surface area contributed by atoms with Gasteiger partial charge in [0.25, 0.3) is 11.8 Å². The van der Waals surface area contributed by atoms with E-state index < -0.39 is 124 Å². The Morgan fingerprint density at radius 3 is 2.31 bits per heavy atom. The molecule has 6 aliphatic rings. The zero-order valence-corrected chi connectivity index (χ0v) is 33.9. The molecule has 322 valence electrons. The van der Waals surface area contributed by atoms with Gasteiger partial charge in [-0.15, -0.1) is 0 Å². The second-order valence-electron chi connectivity index (χ2n) is 18.4. The number of aromatic nitrogens is 2. The van der Waals surface area contributed by atoms with Gasteiger partial charge in [0.1, 0.15) is 29.8 Å². The molecule has 0 spiro atoms. The third-order valence-corrected chi connectivity index (χ3v) is 15.0. The number of sulfonamides is 1. The summed E-state index contributed by atoms with van der Waals surface area (Å²) in [7, 11) is -4.19. The molecule has 3 N–H and O–H groups in total. The van der Waals surface area contributed by atoms with E-state index in [1.54, 1.807) is 45.0 Å². The number of carbonyl (C=O) groups is 4. The molecule has 8 rings (SSSR count). The number of ether oxygens (including phenoxy) is 2. The van der Waals surface area contributed by atoms with E-state index in [0.717, 1.165) is 17.7 Å². The summed E-state index contributed by atoms with van der Waals surface area (Å²) in [6.07, 6.45) is -2.92. The molecule has 1 saturated heterocycles. The van der Waals surface area contributed by atoms with Gasteiger partial charge in [-0.05, 0) is 86.7 Å². The van der Waals surface area contributed by atoms with Gasteiger partial charge in [0.15, 0.2) is 5.69 Å². The van der Waals surface area contributed by atoms with Crippen molar-refractivity contribution >= 4 is 44.9 Å². The summed E-state index contributed by atoms with van der Waals surface area (Å²) in [5.74, 6) is -8.34. The van der Waals surface area contributed by atoms with Crippen LogP contribution < -0.4 is 20.1 Å². The van der Waals surface area contributed by atoms with Crippen LogP contribution in [0.4, 0.5) is 22.4 Å². The predicted octanol–water partition coefficient (Wildman–Crippen LogP) is 4.95. The second kappa shape index (κ2) is 15.0. The number of carbonyl (C=O) groups excluding carboxylic acids is 4. The molecule has 4 aliphatic carbocycles. The van der Waals surface area contributed by atoms with Gasteiger partial charge in [0.05, 0.1) is 28.7 Å². The lowest BCUT2D eigenvalue weighted by atomic mass is 9.71. The van der Waals surface area contributed by atoms with Crippen molar-refractivity contribution in [1.29, 1.82) is 0 Å². The molecule has 3 heterocycles. The van der Waals surface area contributed by atoms with Gasteiger partial charge in [-0.2, -0.15) is 8.78 Å². The Morgan fingerprint density at radius 2 is 1.68 bits per heavy atom. The average molecular weight is 851 g/mol. The summed E-state index contributed by atoms with van der Waals surface area (Å²) < 4.78 is 100. The smallest absolute Gasteiger partial charge is 0.408 e. The molecule has 19 heteroatoms. The fourth-order valence-electron chi connectivity index (χ4n) is 9.56. The number of amides is 4. The number of nitrogens with zero attached hydrogens (tertiary/aromatic N) is 3. The molecule has 9 atom stereocenters. The van der Waals surface area contributed by atoms with Crippen molar-refractivity contribution in [3.05, 3.63) is 30.0 Å². The van der Waals surface area contributed by atoms with Crippen LogP contribution in [0.15, 0.2) is 24.3 Å². The van der Waals surface area contributed by atoms with E-state index in [1.165, 1.54) is 0 Å². The predicted molar refractivity (Wildman–Crippen MR) is 202 cm³/mol. The lowest BCUT2D eigenvalue weighted by Gasteiger charge is -2.36. The van der Waals surface area contributed by atoms with Gasteiger partial charge < -0.3 is 25.0 Å². The van der Waals surface area contributed by atoms with Crippen LogP contribution in [-0.2, 0) is 35.1 Å². The molecule has 59 heavy (non-hydrogen) atoms. The van der Waals surface area contributed by atoms with Gasteiger partial charge in [-0.25, -0.2) is 32.0 Å². The molecule has 2 aromatic rings. The van der Waals surface area contributed by atoms with Gasteiger partial charge >= 0.3 is 6.09 Å². The number of benzene rings is 1. The highest BCUT2D eigenvalue weighted by atomic mass is 32.2. The number of alkyl carbamates (subject to hydrolysis) is 1. The molecule has 2 bridgehead atoms. The summed E-state index contributed by atoms with van der Waals surface area (Å²) in [4.78, 5) is 65.9. The Balaban J connectivity index is 1.15. The first kappa shape index (κ1) is 41.4. The monoisotopic (exact) mass is 850 g/mol. The van der Waals surface area contributed by atoms with Crippen LogP contribution in [0.5, 0.6) is 5.88 Å². The Morgan fingerprint density at radius 1 is 0.966 bits per heavy atom. The van der Waals surface area contributed by atoms with E-state index in [2.05, 4.69) is 20.6 Å². The maximum Gasteiger partial charge on any atom is 0.408 e. The number of nitrogens with one attached hydrogen (secondary N) is 3. The van der Waals surface area contributed by atoms with Crippen molar-refractivity contribution in [2.45, 2.75) is 139 Å². The first-order chi connectivity index (χ1) is 27.8. The SMILES string of the molecule is CC(C)(C)[C@@H]1NC(=O)O[C@@H]2C[C@@H]3CC[C@@H]3[C@H]2CCCCC(F)(F)c2nc3ccccc3nc2O[C@@H]2C[C@@H](C(=O)N[C@]3(C(=O)NS(=O)(=O)C4CC4)C[C@H]3C(F)F)N(C2)C1=O. The molecular weight excluding hydrogens is 801 g/mol. The average Bonchev–Trinajstić information content (AvgIpc) is 4.07. The van der Waals surface area contributed by atoms with E-state index in [9.17, 15) is 36.4 Å². The van der Waals surface area contributed by atoms with Crippen LogP contribution in [0.25, 0.3) is 11.0 Å². The Hall–Kier alpha value is -4.29. The molecule has 5 fully saturated rings. The van der Waals surface area contributed by atoms with Crippen LogP contribution in [0, 0.1) is 29.1 Å². The Bertz CT molecular complexity index is 2140. The standard InChI is InChI=1S/C40H50F4N6O8S/c1-38(2,3)31-35(52)50-19-21(17-28(50)33(51)48-39(18-25(39)32(41)42)36(53)49-59(55,56)22-12-13-22)57-34-30(45-26-9-4-5-10-27(26)46-34)40(43,44)15-7-6-8-24-23-14-11-20(23)16-29(24)58-37(54)47-31/h4-5,9-10,20-25,28-29,31-32H,6-8,11-19H2,1-3H3,(H,47,54)(H,48,51)(H,49,53)/t20-,21+,23-,24+,25-,28-,29+,31+,39+/m0/s1. The molecule has 1 aromatic carbocycles. The van der Waals surface area contributed by atoms with Crippen molar-refractivity contribution in [2.24, 2.45) is 29.1 Å². The highest BCUT2D eigenvalue weighted by molar-refractivity contribution is 7.91. The van der Waals surface area contributed by atoms with Crippen LogP contribution >= 0.6 is 0 Å². The highest BCUT2D eigenvalue weighted by Crippen LogP contribution is 2.53. The number of halogens is 4. The van der Waals surface area contributed by atoms with Crippen LogP contribution in [0.3, 0.4) is 0 Å². The Kier molecular flexibility index (Phi) is 10.5. The third-order valence-electron chi connectivity index (χ3n) is 13.2. The quantitative estimate of drug-likeness (QED) is 0.336. The van der Waals surface area contributed by atoms with E-state index in [1.807, 2.05) is 4.72 Å². The lowest BCUT2D eigenvalue weighted by molar-refractivity contribution is -0.143. The van der Waals surface area contributed by atoms with E-state index in [4.69, 9.17) is 9.47 Å². The number of hydrogen-bond acceptors (Lipinski definition) is 10. The molecule has 4 saturated carbocycles. The molecule has 0 unspecified atom stereocenters. The van der Waals surface area contributed by atoms with Crippen molar-refractivity contribution in [2.75, 3.05) is 6.54 Å². The normalized spacial score (nSPS) is 33.5. The van der Waals surface area contributed by atoms with Gasteiger partial charge in [-0.1, -0.05) is 39.3 Å². The van der Waals surface area contributed by atoms with Crippen molar-refractivity contribution < 1.29 is 54.6 Å². The minimum Gasteiger partial charge on any atom is -0.471 e. The van der Waals surface area contributed by atoms with Crippen LogP contribution in [0.2, 0.25) is 0 Å². The molecule has 2 aliphatic heterocycles. The van der Waals surface area contributed by atoms with Crippen molar-refractivity contribution in [3.8, 4) is 5.88 Å². The summed E-state index contributed by atoms with van der Waals surface area (Å²) in [6.45, 7) is 4.67. The lowest BCUT2D eigenvalue weighted by Crippen LogP contribution is -2.60. The molecule has 14 nitrogen and oxygen atoms in total. The van der Waals surface area contributed by atoms with Crippen LogP contribution in [0.1, 0.15) is 97.1 Å². The largest absolute Gasteiger partial charge is 0.471 e. The number of alkyl halides is 4. The first-order valence-electron chi connectivity index (χ1n) is 20.5. The highest BCUT2D eigenvalue weighted by Gasteiger charge is 2.67. The fourth-order valence-corrected chi connectivity index (χ4v) is 10.9. The summed E-state index contributed by atoms with van der Waals surface area (Å²) in [5, 5.41) is 4.22. The van der Waals surface area contributed by atoms with Gasteiger partial charge in [-0.3, -0.25) is 19.1 Å². The minimum absolute atomic E-state index is 0.0501.